The summed E-state index contributed by atoms with van der Waals surface area (Å²) < 4.78 is 0.521. The highest BCUT2D eigenvalue weighted by Gasteiger charge is 2.38. The van der Waals surface area contributed by atoms with Crippen molar-refractivity contribution >= 4 is 27.7 Å². The van der Waals surface area contributed by atoms with Crippen molar-refractivity contribution in [3.8, 4) is 0 Å². The molecule has 0 aromatic heterocycles. The average molecular weight is 167 g/mol. The van der Waals surface area contributed by atoms with Gasteiger partial charge in [0.25, 0.3) is 0 Å². The Hall–Kier alpha value is 0.830. The van der Waals surface area contributed by atoms with E-state index in [1.165, 1.54) is 12.8 Å². The molecular formula is C4H7BrS. The van der Waals surface area contributed by atoms with E-state index >= 15 is 0 Å². The van der Waals surface area contributed by atoms with Crippen LogP contribution >= 0.6 is 27.7 Å². The predicted octanol–water partition coefficient (Wildman–Crippen LogP) is 2.23. The second kappa shape index (κ2) is 1.41. The number of halogens is 1. The van der Waals surface area contributed by atoms with E-state index < -0.39 is 0 Å². The van der Waals surface area contributed by atoms with E-state index in [1.807, 2.05) is 11.8 Å². The highest BCUT2D eigenvalue weighted by atomic mass is 79.9. The van der Waals surface area contributed by atoms with Crippen LogP contribution < -0.4 is 0 Å². The second-order valence-corrected chi connectivity index (χ2v) is 4.82. The molecule has 36 valence electrons. The Bertz CT molecular complexity index is 58.6. The zero-order valence-corrected chi connectivity index (χ0v) is 6.10. The molecule has 0 aliphatic heterocycles. The van der Waals surface area contributed by atoms with Crippen LogP contribution in [0.5, 0.6) is 0 Å². The van der Waals surface area contributed by atoms with Gasteiger partial charge in [-0.15, -0.1) is 11.8 Å². The van der Waals surface area contributed by atoms with Gasteiger partial charge in [0, 0.05) is 0 Å². The van der Waals surface area contributed by atoms with E-state index in [1.54, 1.807) is 0 Å². The Labute approximate surface area is 50.8 Å². The van der Waals surface area contributed by atoms with Crippen LogP contribution in [0.25, 0.3) is 0 Å². The van der Waals surface area contributed by atoms with Crippen LogP contribution in [-0.2, 0) is 0 Å². The summed E-state index contributed by atoms with van der Waals surface area (Å²) in [5.74, 6) is 0. The van der Waals surface area contributed by atoms with Crippen LogP contribution in [0.1, 0.15) is 12.8 Å². The topological polar surface area (TPSA) is 0 Å². The lowest BCUT2D eigenvalue weighted by atomic mass is 11.0. The summed E-state index contributed by atoms with van der Waals surface area (Å²) in [6.07, 6.45) is 4.85. The van der Waals surface area contributed by atoms with E-state index in [2.05, 4.69) is 22.2 Å². The van der Waals surface area contributed by atoms with E-state index in [0.717, 1.165) is 0 Å². The summed E-state index contributed by atoms with van der Waals surface area (Å²) in [6, 6.07) is 0. The number of hydrogen-bond donors (Lipinski definition) is 0. The Balaban J connectivity index is 2.28. The van der Waals surface area contributed by atoms with E-state index in [4.69, 9.17) is 0 Å². The lowest BCUT2D eigenvalue weighted by Gasteiger charge is -1.94. The smallest absolute Gasteiger partial charge is 0.0707 e. The average Bonchev–Trinajstić information content (AvgIpc) is 2.22. The molecule has 1 rings (SSSR count). The van der Waals surface area contributed by atoms with Gasteiger partial charge < -0.3 is 0 Å². The Kier molecular flexibility index (Phi) is 1.17. The molecule has 6 heavy (non-hydrogen) atoms. The van der Waals surface area contributed by atoms with Crippen LogP contribution in [-0.4, -0.2) is 9.91 Å². The zero-order valence-electron chi connectivity index (χ0n) is 3.70. The molecule has 0 heterocycles. The van der Waals surface area contributed by atoms with Crippen LogP contribution in [0.2, 0.25) is 0 Å². The van der Waals surface area contributed by atoms with Gasteiger partial charge in [0.2, 0.25) is 0 Å². The largest absolute Gasteiger partial charge is 0.147 e. The molecule has 0 nitrogen and oxygen atoms in total. The maximum Gasteiger partial charge on any atom is 0.0707 e. The molecule has 0 bridgehead atoms. The third kappa shape index (κ3) is 0.909. The number of thioether (sulfide) groups is 1. The number of hydrogen-bond acceptors (Lipinski definition) is 1. The van der Waals surface area contributed by atoms with Crippen molar-refractivity contribution in [3.05, 3.63) is 0 Å². The first-order valence-corrected chi connectivity index (χ1v) is 4.03. The summed E-state index contributed by atoms with van der Waals surface area (Å²) in [4.78, 5) is 0. The van der Waals surface area contributed by atoms with Crippen molar-refractivity contribution < 1.29 is 0 Å². The molecule has 0 saturated heterocycles. The molecule has 1 saturated carbocycles. The SMILES string of the molecule is CSC1(Br)CC1. The fourth-order valence-electron chi connectivity index (χ4n) is 0.302. The fraction of sp³-hybridized carbons (Fsp3) is 1.00. The van der Waals surface area contributed by atoms with Crippen LogP contribution in [0, 0.1) is 0 Å². The first-order valence-electron chi connectivity index (χ1n) is 2.01. The Morgan fingerprint density at radius 3 is 2.17 bits per heavy atom. The first-order chi connectivity index (χ1) is 2.77. The molecule has 1 fully saturated rings. The fourth-order valence-corrected chi connectivity index (χ4v) is 1.01. The second-order valence-electron chi connectivity index (χ2n) is 1.59. The minimum absolute atomic E-state index is 0.521. The van der Waals surface area contributed by atoms with Gasteiger partial charge in [0.15, 0.2) is 0 Å². The van der Waals surface area contributed by atoms with Crippen molar-refractivity contribution in [1.82, 2.24) is 0 Å². The summed E-state index contributed by atoms with van der Waals surface area (Å²) in [6.45, 7) is 0. The van der Waals surface area contributed by atoms with Crippen molar-refractivity contribution in [2.75, 3.05) is 6.26 Å². The summed E-state index contributed by atoms with van der Waals surface area (Å²) in [5, 5.41) is 0. The zero-order chi connectivity index (χ0) is 4.62. The minimum Gasteiger partial charge on any atom is -0.147 e. The van der Waals surface area contributed by atoms with Gasteiger partial charge >= 0.3 is 0 Å². The first kappa shape index (κ1) is 4.98. The van der Waals surface area contributed by atoms with Crippen molar-refractivity contribution in [2.24, 2.45) is 0 Å². The Morgan fingerprint density at radius 1 is 1.67 bits per heavy atom. The van der Waals surface area contributed by atoms with Gasteiger partial charge in [-0.25, -0.2) is 0 Å². The third-order valence-electron chi connectivity index (χ3n) is 1.01. The van der Waals surface area contributed by atoms with Crippen LogP contribution in [0.4, 0.5) is 0 Å². The van der Waals surface area contributed by atoms with Gasteiger partial charge in [-0.3, -0.25) is 0 Å². The predicted molar refractivity (Wildman–Crippen MR) is 34.4 cm³/mol. The number of rotatable bonds is 1. The molecule has 1 aliphatic carbocycles. The monoisotopic (exact) mass is 166 g/mol. The highest BCUT2D eigenvalue weighted by Crippen LogP contribution is 2.52. The van der Waals surface area contributed by atoms with Gasteiger partial charge in [0.05, 0.1) is 3.66 Å². The molecule has 0 aromatic carbocycles. The molecule has 0 spiro atoms. The van der Waals surface area contributed by atoms with E-state index in [9.17, 15) is 0 Å². The van der Waals surface area contributed by atoms with Gasteiger partial charge in [-0.2, -0.15) is 0 Å². The quantitative estimate of drug-likeness (QED) is 0.539. The molecule has 0 amide bonds. The maximum absolute atomic E-state index is 3.55. The minimum atomic E-state index is 0.521. The number of alkyl halides is 1. The lowest BCUT2D eigenvalue weighted by molar-refractivity contribution is 1.44. The van der Waals surface area contributed by atoms with E-state index in [-0.39, 0.29) is 0 Å². The normalized spacial score (nSPS) is 27.0. The lowest BCUT2D eigenvalue weighted by Crippen LogP contribution is -1.81. The highest BCUT2D eigenvalue weighted by molar-refractivity contribution is 9.12. The van der Waals surface area contributed by atoms with Crippen molar-refractivity contribution in [1.29, 1.82) is 0 Å². The molecule has 2 heteroatoms. The van der Waals surface area contributed by atoms with Gasteiger partial charge in [-0.05, 0) is 19.1 Å². The van der Waals surface area contributed by atoms with Gasteiger partial charge in [-0.1, -0.05) is 15.9 Å². The Morgan fingerprint density at radius 2 is 2.17 bits per heavy atom. The van der Waals surface area contributed by atoms with Crippen LogP contribution in [0.15, 0.2) is 0 Å². The third-order valence-corrected chi connectivity index (χ3v) is 3.91. The molecule has 0 atom stereocenters. The van der Waals surface area contributed by atoms with Crippen LogP contribution in [0.3, 0.4) is 0 Å². The van der Waals surface area contributed by atoms with Crippen molar-refractivity contribution in [2.45, 2.75) is 16.5 Å². The maximum atomic E-state index is 3.55. The molecule has 1 aliphatic rings. The van der Waals surface area contributed by atoms with E-state index in [0.29, 0.717) is 3.66 Å². The standard InChI is InChI=1S/C4H7BrS/c1-6-4(5)2-3-4/h2-3H2,1H3. The summed E-state index contributed by atoms with van der Waals surface area (Å²) in [7, 11) is 0. The molecule has 0 radical (unpaired) electrons. The molecular weight excluding hydrogens is 160 g/mol. The van der Waals surface area contributed by atoms with Crippen molar-refractivity contribution in [3.63, 3.8) is 0 Å². The molecule has 0 aromatic rings. The summed E-state index contributed by atoms with van der Waals surface area (Å²) in [5.41, 5.74) is 0. The van der Waals surface area contributed by atoms with Gasteiger partial charge in [0.1, 0.15) is 0 Å². The molecule has 0 N–H and O–H groups in total. The molecule has 0 unspecified atom stereocenters. The summed E-state index contributed by atoms with van der Waals surface area (Å²) >= 11 is 5.46.